The highest BCUT2D eigenvalue weighted by atomic mass is 35.5. The molecular weight excluding hydrogens is 235 g/mol. The van der Waals surface area contributed by atoms with Gasteiger partial charge in [-0.05, 0) is 0 Å². The predicted octanol–water partition coefficient (Wildman–Crippen LogP) is 3.42. The molecule has 0 bridgehead atoms. The lowest BCUT2D eigenvalue weighted by atomic mass is 10.1. The summed E-state index contributed by atoms with van der Waals surface area (Å²) in [6.45, 7) is 0. The lowest BCUT2D eigenvalue weighted by molar-refractivity contribution is 0.150. The number of ether oxygens (including phenoxy) is 1. The first-order valence-electron chi connectivity index (χ1n) is 3.67. The van der Waals surface area contributed by atoms with Gasteiger partial charge in [0.2, 0.25) is 5.88 Å². The van der Waals surface area contributed by atoms with Crippen LogP contribution < -0.4 is 4.74 Å². The molecule has 0 atom stereocenters. The molecule has 0 aromatic carbocycles. The summed E-state index contributed by atoms with van der Waals surface area (Å²) >= 11 is 11.1. The first-order chi connectivity index (χ1) is 6.60. The Balaban J connectivity index is 3.28. The lowest BCUT2D eigenvalue weighted by Gasteiger charge is -2.09. The average molecular weight is 242 g/mol. The number of aromatic nitrogens is 1. The normalized spacial score (nSPS) is 10.7. The highest BCUT2D eigenvalue weighted by molar-refractivity contribution is 6.31. The molecule has 0 aliphatic rings. The molecule has 0 saturated heterocycles. The van der Waals surface area contributed by atoms with Crippen molar-refractivity contribution in [3.8, 4) is 5.88 Å². The van der Waals surface area contributed by atoms with E-state index in [0.29, 0.717) is 0 Å². The number of hydrogen-bond donors (Lipinski definition) is 0. The van der Waals surface area contributed by atoms with Gasteiger partial charge in [0.15, 0.2) is 0 Å². The number of methoxy groups -OCH3 is 1. The zero-order valence-corrected chi connectivity index (χ0v) is 8.74. The molecule has 1 heterocycles. The fourth-order valence-corrected chi connectivity index (χ4v) is 1.58. The van der Waals surface area contributed by atoms with Crippen LogP contribution in [0.4, 0.5) is 8.78 Å². The van der Waals surface area contributed by atoms with Crippen molar-refractivity contribution in [2.24, 2.45) is 0 Å². The van der Waals surface area contributed by atoms with Crippen LogP contribution in [0.15, 0.2) is 6.07 Å². The molecule has 1 aromatic heterocycles. The Labute approximate surface area is 89.8 Å². The van der Waals surface area contributed by atoms with Crippen molar-refractivity contribution in [3.63, 3.8) is 0 Å². The van der Waals surface area contributed by atoms with Crippen molar-refractivity contribution in [3.05, 3.63) is 22.3 Å². The molecule has 0 aliphatic heterocycles. The van der Waals surface area contributed by atoms with Crippen LogP contribution >= 0.6 is 23.2 Å². The van der Waals surface area contributed by atoms with E-state index in [2.05, 4.69) is 4.98 Å². The van der Waals surface area contributed by atoms with Crippen molar-refractivity contribution >= 4 is 23.2 Å². The Hall–Kier alpha value is -0.610. The molecular formula is C8H7Cl2F2NO. The zero-order chi connectivity index (χ0) is 10.7. The van der Waals surface area contributed by atoms with Crippen LogP contribution in [0.3, 0.4) is 0 Å². The number of hydrogen-bond acceptors (Lipinski definition) is 2. The van der Waals surface area contributed by atoms with E-state index in [1.807, 2.05) is 0 Å². The van der Waals surface area contributed by atoms with E-state index in [4.69, 9.17) is 27.9 Å². The molecule has 14 heavy (non-hydrogen) atoms. The first-order valence-corrected chi connectivity index (χ1v) is 4.58. The van der Waals surface area contributed by atoms with E-state index in [-0.39, 0.29) is 28.0 Å². The number of pyridine rings is 1. The number of alkyl halides is 3. The van der Waals surface area contributed by atoms with Gasteiger partial charge < -0.3 is 4.74 Å². The summed E-state index contributed by atoms with van der Waals surface area (Å²) in [7, 11) is 1.33. The Morgan fingerprint density at radius 1 is 1.57 bits per heavy atom. The smallest absolute Gasteiger partial charge is 0.264 e. The standard InChI is InChI=1S/C8H7Cl2F2NO/c1-14-6-2-4(8(11)12)5(3-9)7(10)13-6/h2,8H,3H2,1H3. The van der Waals surface area contributed by atoms with Crippen molar-refractivity contribution in [2.75, 3.05) is 7.11 Å². The van der Waals surface area contributed by atoms with E-state index < -0.39 is 6.43 Å². The number of nitrogens with zero attached hydrogens (tertiary/aromatic N) is 1. The maximum atomic E-state index is 12.5. The second kappa shape index (κ2) is 4.75. The van der Waals surface area contributed by atoms with Crippen LogP contribution in [0.2, 0.25) is 5.15 Å². The summed E-state index contributed by atoms with van der Waals surface area (Å²) in [5.41, 5.74) is -0.0963. The van der Waals surface area contributed by atoms with Crippen LogP contribution in [0, 0.1) is 0 Å². The van der Waals surface area contributed by atoms with Gasteiger partial charge in [0.1, 0.15) is 5.15 Å². The van der Waals surface area contributed by atoms with E-state index in [0.717, 1.165) is 6.07 Å². The monoisotopic (exact) mass is 241 g/mol. The Bertz CT molecular complexity index is 333. The molecule has 0 spiro atoms. The molecule has 78 valence electrons. The molecule has 0 unspecified atom stereocenters. The second-order valence-corrected chi connectivity index (χ2v) is 3.08. The van der Waals surface area contributed by atoms with Gasteiger partial charge >= 0.3 is 0 Å². The topological polar surface area (TPSA) is 22.1 Å². The van der Waals surface area contributed by atoms with Crippen LogP contribution in [0.5, 0.6) is 5.88 Å². The summed E-state index contributed by atoms with van der Waals surface area (Å²) in [6, 6.07) is 1.13. The lowest BCUT2D eigenvalue weighted by Crippen LogP contribution is -1.98. The predicted molar refractivity (Wildman–Crippen MR) is 50.3 cm³/mol. The molecule has 6 heteroatoms. The van der Waals surface area contributed by atoms with Gasteiger partial charge in [0.05, 0.1) is 13.0 Å². The highest BCUT2D eigenvalue weighted by Crippen LogP contribution is 2.31. The third kappa shape index (κ3) is 2.25. The maximum Gasteiger partial charge on any atom is 0.264 e. The highest BCUT2D eigenvalue weighted by Gasteiger charge is 2.18. The minimum atomic E-state index is -2.64. The average Bonchev–Trinajstić information content (AvgIpc) is 2.16. The van der Waals surface area contributed by atoms with E-state index in [1.54, 1.807) is 0 Å². The maximum absolute atomic E-state index is 12.5. The second-order valence-electron chi connectivity index (χ2n) is 2.46. The van der Waals surface area contributed by atoms with Gasteiger partial charge in [-0.25, -0.2) is 13.8 Å². The van der Waals surface area contributed by atoms with E-state index >= 15 is 0 Å². The zero-order valence-electron chi connectivity index (χ0n) is 7.23. The van der Waals surface area contributed by atoms with Gasteiger partial charge in [0.25, 0.3) is 6.43 Å². The molecule has 0 fully saturated rings. The molecule has 0 N–H and O–H groups in total. The molecule has 1 aromatic rings. The summed E-state index contributed by atoms with van der Waals surface area (Å²) in [6.07, 6.45) is -2.64. The summed E-state index contributed by atoms with van der Waals surface area (Å²) in [4.78, 5) is 3.73. The fraction of sp³-hybridized carbons (Fsp3) is 0.375. The van der Waals surface area contributed by atoms with Crippen molar-refractivity contribution in [2.45, 2.75) is 12.3 Å². The van der Waals surface area contributed by atoms with Crippen molar-refractivity contribution < 1.29 is 13.5 Å². The third-order valence-corrected chi connectivity index (χ3v) is 2.24. The molecule has 0 radical (unpaired) electrons. The minimum Gasteiger partial charge on any atom is -0.481 e. The van der Waals surface area contributed by atoms with Crippen LogP contribution in [0.1, 0.15) is 17.6 Å². The van der Waals surface area contributed by atoms with Gasteiger partial charge in [-0.1, -0.05) is 11.6 Å². The Morgan fingerprint density at radius 2 is 2.21 bits per heavy atom. The number of rotatable bonds is 3. The summed E-state index contributed by atoms with van der Waals surface area (Å²) < 4.78 is 29.7. The van der Waals surface area contributed by atoms with Crippen LogP contribution in [-0.4, -0.2) is 12.1 Å². The minimum absolute atomic E-state index is 0.0466. The van der Waals surface area contributed by atoms with Crippen molar-refractivity contribution in [1.82, 2.24) is 4.98 Å². The van der Waals surface area contributed by atoms with Crippen LogP contribution in [-0.2, 0) is 5.88 Å². The summed E-state index contributed by atoms with van der Waals surface area (Å²) in [5, 5.41) is -0.0466. The molecule has 0 saturated carbocycles. The molecule has 0 aliphatic carbocycles. The van der Waals surface area contributed by atoms with Crippen LogP contribution in [0.25, 0.3) is 0 Å². The molecule has 1 rings (SSSR count). The van der Waals surface area contributed by atoms with Gasteiger partial charge in [-0.15, -0.1) is 11.6 Å². The largest absolute Gasteiger partial charge is 0.481 e. The summed E-state index contributed by atoms with van der Waals surface area (Å²) in [5.74, 6) is -0.0469. The third-order valence-electron chi connectivity index (χ3n) is 1.66. The SMILES string of the molecule is COc1cc(C(F)F)c(CCl)c(Cl)n1. The van der Waals surface area contributed by atoms with Gasteiger partial charge in [-0.3, -0.25) is 0 Å². The molecule has 0 amide bonds. The van der Waals surface area contributed by atoms with Gasteiger partial charge in [0, 0.05) is 17.2 Å². The first kappa shape index (κ1) is 11.5. The molecule has 2 nitrogen and oxygen atoms in total. The van der Waals surface area contributed by atoms with E-state index in [1.165, 1.54) is 7.11 Å². The Morgan fingerprint density at radius 3 is 2.64 bits per heavy atom. The van der Waals surface area contributed by atoms with Crippen molar-refractivity contribution in [1.29, 1.82) is 0 Å². The van der Waals surface area contributed by atoms with E-state index in [9.17, 15) is 8.78 Å². The fourth-order valence-electron chi connectivity index (χ4n) is 0.967. The quantitative estimate of drug-likeness (QED) is 0.598. The number of halogens is 4. The van der Waals surface area contributed by atoms with Gasteiger partial charge in [-0.2, -0.15) is 0 Å². The Kier molecular flexibility index (Phi) is 3.89.